The van der Waals surface area contributed by atoms with Crippen molar-refractivity contribution in [2.24, 2.45) is 0 Å². The summed E-state index contributed by atoms with van der Waals surface area (Å²) in [5.41, 5.74) is 4.17. The van der Waals surface area contributed by atoms with Crippen LogP contribution in [0.5, 0.6) is 11.8 Å². The number of aromatic amines is 1. The highest BCUT2D eigenvalue weighted by Crippen LogP contribution is 2.32. The first kappa shape index (κ1) is 14.8. The topological polar surface area (TPSA) is 71.0 Å². The molecule has 5 nitrogen and oxygen atoms in total. The van der Waals surface area contributed by atoms with E-state index in [1.165, 1.54) is 0 Å². The van der Waals surface area contributed by atoms with Gasteiger partial charge >= 0.3 is 0 Å². The van der Waals surface area contributed by atoms with E-state index in [0.717, 1.165) is 34.2 Å². The van der Waals surface area contributed by atoms with E-state index in [1.54, 1.807) is 7.11 Å². The molecule has 0 spiro atoms. The second kappa shape index (κ2) is 5.69. The molecule has 2 heterocycles. The number of ether oxygens (including phenoxy) is 1. The van der Waals surface area contributed by atoms with Gasteiger partial charge in [-0.05, 0) is 35.7 Å². The highest BCUT2D eigenvalue weighted by Gasteiger charge is 2.14. The zero-order chi connectivity index (χ0) is 16.7. The van der Waals surface area contributed by atoms with Gasteiger partial charge in [-0.25, -0.2) is 4.98 Å². The minimum absolute atomic E-state index is 0.166. The van der Waals surface area contributed by atoms with Crippen molar-refractivity contribution >= 4 is 33.5 Å². The summed E-state index contributed by atoms with van der Waals surface area (Å²) in [7, 11) is 1.65. The predicted molar refractivity (Wildman–Crippen MR) is 93.9 cm³/mol. The lowest BCUT2D eigenvalue weighted by Crippen LogP contribution is -1.93. The van der Waals surface area contributed by atoms with E-state index >= 15 is 0 Å². The van der Waals surface area contributed by atoms with Crippen molar-refractivity contribution in [2.45, 2.75) is 6.42 Å². The van der Waals surface area contributed by atoms with Crippen LogP contribution in [0.1, 0.15) is 11.1 Å². The number of nitrogens with one attached hydrogen (secondary N) is 1. The number of methoxy groups -OCH3 is 1. The molecule has 120 valence electrons. The molecule has 2 aromatic carbocycles. The first-order chi connectivity index (χ1) is 11.7. The largest absolute Gasteiger partial charge is 0.497 e. The molecule has 0 aliphatic heterocycles. The van der Waals surface area contributed by atoms with Crippen LogP contribution in [0.3, 0.4) is 0 Å². The zero-order valence-corrected chi connectivity index (χ0v) is 13.6. The van der Waals surface area contributed by atoms with Crippen molar-refractivity contribution in [3.8, 4) is 11.8 Å². The molecule has 24 heavy (non-hydrogen) atoms. The van der Waals surface area contributed by atoms with E-state index in [-0.39, 0.29) is 11.2 Å². The molecule has 2 N–H and O–H groups in total. The van der Waals surface area contributed by atoms with E-state index in [4.69, 9.17) is 16.3 Å². The SMILES string of the molecule is COc1ccc(Cc2cccc3nc(Cl)c4nc(O)[nH]c4c23)cc1. The summed E-state index contributed by atoms with van der Waals surface area (Å²) >= 11 is 6.18. The molecule has 4 rings (SSSR count). The molecule has 0 saturated carbocycles. The van der Waals surface area contributed by atoms with Crippen molar-refractivity contribution in [2.75, 3.05) is 7.11 Å². The average Bonchev–Trinajstić information content (AvgIpc) is 2.98. The number of hydrogen-bond donors (Lipinski definition) is 2. The second-order valence-corrected chi connectivity index (χ2v) is 5.88. The number of aromatic nitrogens is 3. The number of nitrogens with zero attached hydrogens (tertiary/aromatic N) is 2. The minimum atomic E-state index is -0.166. The van der Waals surface area contributed by atoms with Crippen LogP contribution in [0, 0.1) is 0 Å². The Bertz CT molecular complexity index is 1040. The Hall–Kier alpha value is -2.79. The summed E-state index contributed by atoms with van der Waals surface area (Å²) in [4.78, 5) is 11.3. The number of rotatable bonds is 3. The van der Waals surface area contributed by atoms with Gasteiger partial charge in [0, 0.05) is 5.39 Å². The number of imidazole rings is 1. The van der Waals surface area contributed by atoms with Crippen LogP contribution in [-0.2, 0) is 6.42 Å². The quantitative estimate of drug-likeness (QED) is 0.552. The van der Waals surface area contributed by atoms with Crippen LogP contribution in [0.2, 0.25) is 5.15 Å². The van der Waals surface area contributed by atoms with Crippen molar-refractivity contribution in [3.63, 3.8) is 0 Å². The van der Waals surface area contributed by atoms with Gasteiger partial charge in [-0.3, -0.25) is 0 Å². The van der Waals surface area contributed by atoms with Gasteiger partial charge < -0.3 is 14.8 Å². The van der Waals surface area contributed by atoms with Crippen molar-refractivity contribution in [3.05, 3.63) is 58.7 Å². The molecule has 2 aromatic heterocycles. The number of hydrogen-bond acceptors (Lipinski definition) is 4. The summed E-state index contributed by atoms with van der Waals surface area (Å²) in [6.07, 6.45) is 0.722. The monoisotopic (exact) mass is 339 g/mol. The van der Waals surface area contributed by atoms with Gasteiger partial charge in [0.25, 0.3) is 6.01 Å². The lowest BCUT2D eigenvalue weighted by Gasteiger charge is -2.08. The van der Waals surface area contributed by atoms with Crippen LogP contribution in [-0.4, -0.2) is 27.2 Å². The second-order valence-electron chi connectivity index (χ2n) is 5.52. The number of aromatic hydroxyl groups is 1. The molecule has 0 aliphatic carbocycles. The summed E-state index contributed by atoms with van der Waals surface area (Å²) in [6.45, 7) is 0. The molecule has 0 fully saturated rings. The molecule has 6 heteroatoms. The van der Waals surface area contributed by atoms with E-state index in [9.17, 15) is 5.11 Å². The molecule has 0 amide bonds. The molecular weight excluding hydrogens is 326 g/mol. The Morgan fingerprint density at radius 2 is 1.92 bits per heavy atom. The van der Waals surface area contributed by atoms with Gasteiger partial charge in [-0.2, -0.15) is 4.98 Å². The van der Waals surface area contributed by atoms with Crippen molar-refractivity contribution in [1.82, 2.24) is 15.0 Å². The molecule has 0 bridgehead atoms. The molecule has 0 unspecified atom stereocenters. The standard InChI is InChI=1S/C18H14ClN3O2/c1-24-12-7-5-10(6-8-12)9-11-3-2-4-13-14(11)15-16(17(19)20-13)22-18(23)21-15/h2-8H,9H2,1H3,(H2,21,22,23). The predicted octanol–water partition coefficient (Wildman–Crippen LogP) is 4.07. The van der Waals surface area contributed by atoms with E-state index in [1.807, 2.05) is 42.5 Å². The first-order valence-electron chi connectivity index (χ1n) is 7.44. The Morgan fingerprint density at radius 1 is 1.12 bits per heavy atom. The fourth-order valence-corrected chi connectivity index (χ4v) is 3.16. The van der Waals surface area contributed by atoms with Crippen LogP contribution in [0.4, 0.5) is 0 Å². The third-order valence-electron chi connectivity index (χ3n) is 4.04. The molecule has 0 atom stereocenters. The van der Waals surface area contributed by atoms with E-state index in [0.29, 0.717) is 11.0 Å². The normalized spacial score (nSPS) is 11.2. The fraction of sp³-hybridized carbons (Fsp3) is 0.111. The number of benzene rings is 2. The molecule has 0 radical (unpaired) electrons. The highest BCUT2D eigenvalue weighted by atomic mass is 35.5. The van der Waals surface area contributed by atoms with Gasteiger partial charge in [0.15, 0.2) is 5.15 Å². The Balaban J connectivity index is 1.89. The maximum atomic E-state index is 9.71. The number of H-pyrrole nitrogens is 1. The third kappa shape index (κ3) is 2.43. The number of fused-ring (bicyclic) bond motifs is 3. The summed E-state index contributed by atoms with van der Waals surface area (Å²) in [5.74, 6) is 0.825. The van der Waals surface area contributed by atoms with Crippen LogP contribution >= 0.6 is 11.6 Å². The van der Waals surface area contributed by atoms with Crippen LogP contribution < -0.4 is 4.74 Å². The fourth-order valence-electron chi connectivity index (χ4n) is 2.93. The Morgan fingerprint density at radius 3 is 2.67 bits per heavy atom. The molecule has 0 saturated heterocycles. The van der Waals surface area contributed by atoms with Crippen LogP contribution in [0.25, 0.3) is 21.9 Å². The zero-order valence-electron chi connectivity index (χ0n) is 12.9. The van der Waals surface area contributed by atoms with Crippen LogP contribution in [0.15, 0.2) is 42.5 Å². The first-order valence-corrected chi connectivity index (χ1v) is 7.82. The number of pyridine rings is 1. The lowest BCUT2D eigenvalue weighted by molar-refractivity contribution is 0.414. The summed E-state index contributed by atoms with van der Waals surface area (Å²) in [5, 5.41) is 10.9. The van der Waals surface area contributed by atoms with Crippen molar-refractivity contribution < 1.29 is 9.84 Å². The maximum Gasteiger partial charge on any atom is 0.292 e. The lowest BCUT2D eigenvalue weighted by atomic mass is 10.00. The number of halogens is 1. The summed E-state index contributed by atoms with van der Waals surface area (Å²) in [6, 6.07) is 13.7. The van der Waals surface area contributed by atoms with Gasteiger partial charge in [-0.15, -0.1) is 0 Å². The molecule has 0 aliphatic rings. The van der Waals surface area contributed by atoms with Gasteiger partial charge in [-0.1, -0.05) is 35.9 Å². The highest BCUT2D eigenvalue weighted by molar-refractivity contribution is 6.35. The van der Waals surface area contributed by atoms with E-state index < -0.39 is 0 Å². The molecular formula is C18H14ClN3O2. The van der Waals surface area contributed by atoms with Gasteiger partial charge in [0.2, 0.25) is 0 Å². The van der Waals surface area contributed by atoms with E-state index in [2.05, 4.69) is 15.0 Å². The summed E-state index contributed by atoms with van der Waals surface area (Å²) < 4.78 is 5.20. The van der Waals surface area contributed by atoms with Crippen molar-refractivity contribution in [1.29, 1.82) is 0 Å². The smallest absolute Gasteiger partial charge is 0.292 e. The average molecular weight is 340 g/mol. The maximum absolute atomic E-state index is 9.71. The third-order valence-corrected chi connectivity index (χ3v) is 4.30. The Labute approximate surface area is 142 Å². The van der Waals surface area contributed by atoms with Gasteiger partial charge in [0.1, 0.15) is 11.3 Å². The van der Waals surface area contributed by atoms with Gasteiger partial charge in [0.05, 0.1) is 18.1 Å². The Kier molecular flexibility index (Phi) is 3.50. The minimum Gasteiger partial charge on any atom is -0.497 e. The molecule has 4 aromatic rings.